The number of aliphatic hydroxyl groups excluding tert-OH is 1. The van der Waals surface area contributed by atoms with Crippen LogP contribution in [0.1, 0.15) is 135 Å². The van der Waals surface area contributed by atoms with Crippen molar-refractivity contribution < 1.29 is 19.4 Å². The molecule has 4 aliphatic rings. The zero-order valence-electron chi connectivity index (χ0n) is 29.0. The Bertz CT molecular complexity index is 1640. The highest BCUT2D eigenvalue weighted by atomic mass is 16.5. The Morgan fingerprint density at radius 1 is 0.959 bits per heavy atom. The maximum Gasteiger partial charge on any atom is 0.256 e. The number of carbonyl (C=O) groups is 1. The molecule has 3 aromatic rings. The number of hydrogen-bond acceptors (Lipinski definition) is 6. The predicted octanol–water partition coefficient (Wildman–Crippen LogP) is 6.90. The SMILES string of the molecule is CCc1ccc2c(c1)C(NC[C@@H](O)[C@H](Cc1ccccc1)NC(=O)c1cc(C3CCCCO3)c(=O)n(C3CCCC3)c1)CC1(CCCC1)O2. The number of amides is 1. The molecule has 1 spiro atoms. The summed E-state index contributed by atoms with van der Waals surface area (Å²) in [7, 11) is 0. The molecule has 8 nitrogen and oxygen atoms in total. The minimum atomic E-state index is -0.855. The second kappa shape index (κ2) is 15.2. The van der Waals surface area contributed by atoms with Crippen molar-refractivity contribution >= 4 is 5.91 Å². The van der Waals surface area contributed by atoms with Crippen molar-refractivity contribution in [2.45, 2.75) is 133 Å². The number of aryl methyl sites for hydroxylation is 1. The van der Waals surface area contributed by atoms with E-state index in [0.29, 0.717) is 30.7 Å². The summed E-state index contributed by atoms with van der Waals surface area (Å²) >= 11 is 0. The quantitative estimate of drug-likeness (QED) is 0.206. The molecule has 3 fully saturated rings. The lowest BCUT2D eigenvalue weighted by atomic mass is 9.85. The molecule has 0 radical (unpaired) electrons. The summed E-state index contributed by atoms with van der Waals surface area (Å²) in [5.74, 6) is 0.666. The second-order valence-electron chi connectivity index (χ2n) is 14.9. The van der Waals surface area contributed by atoms with Gasteiger partial charge in [0.2, 0.25) is 0 Å². The molecular weight excluding hydrogens is 614 g/mol. The molecule has 0 bridgehead atoms. The average molecular weight is 668 g/mol. The monoisotopic (exact) mass is 667 g/mol. The summed E-state index contributed by atoms with van der Waals surface area (Å²) in [5, 5.41) is 18.8. The molecule has 1 amide bonds. The highest BCUT2D eigenvalue weighted by molar-refractivity contribution is 5.94. The first kappa shape index (κ1) is 34.0. The van der Waals surface area contributed by atoms with Crippen molar-refractivity contribution in [2.75, 3.05) is 13.2 Å². The van der Waals surface area contributed by atoms with Gasteiger partial charge in [-0.1, -0.05) is 62.2 Å². The van der Waals surface area contributed by atoms with E-state index in [1.54, 1.807) is 16.8 Å². The summed E-state index contributed by atoms with van der Waals surface area (Å²) in [6, 6.07) is 17.9. The predicted molar refractivity (Wildman–Crippen MR) is 191 cm³/mol. The van der Waals surface area contributed by atoms with E-state index in [0.717, 1.165) is 87.5 Å². The maximum atomic E-state index is 14.2. The molecule has 7 rings (SSSR count). The van der Waals surface area contributed by atoms with Crippen molar-refractivity contribution in [3.63, 3.8) is 0 Å². The van der Waals surface area contributed by atoms with Crippen molar-refractivity contribution in [2.24, 2.45) is 0 Å². The van der Waals surface area contributed by atoms with Crippen LogP contribution in [0.4, 0.5) is 0 Å². The van der Waals surface area contributed by atoms with E-state index in [4.69, 9.17) is 9.47 Å². The molecule has 8 heteroatoms. The van der Waals surface area contributed by atoms with Crippen LogP contribution in [0.15, 0.2) is 65.6 Å². The van der Waals surface area contributed by atoms with Crippen LogP contribution in [0.3, 0.4) is 0 Å². The highest BCUT2D eigenvalue weighted by Gasteiger charge is 2.43. The molecule has 3 heterocycles. The fourth-order valence-corrected chi connectivity index (χ4v) is 8.67. The number of pyridine rings is 1. The molecule has 49 heavy (non-hydrogen) atoms. The summed E-state index contributed by atoms with van der Waals surface area (Å²) in [6.07, 6.45) is 14.1. The highest BCUT2D eigenvalue weighted by Crippen LogP contribution is 2.47. The Morgan fingerprint density at radius 3 is 2.47 bits per heavy atom. The van der Waals surface area contributed by atoms with Crippen LogP contribution in [-0.2, 0) is 17.6 Å². The fourth-order valence-electron chi connectivity index (χ4n) is 8.67. The van der Waals surface area contributed by atoms with E-state index in [2.05, 4.69) is 35.8 Å². The van der Waals surface area contributed by atoms with E-state index in [1.165, 1.54) is 18.4 Å². The van der Waals surface area contributed by atoms with Gasteiger partial charge in [-0.25, -0.2) is 0 Å². The third-order valence-corrected chi connectivity index (χ3v) is 11.5. The molecule has 2 saturated carbocycles. The van der Waals surface area contributed by atoms with Crippen LogP contribution in [0.25, 0.3) is 0 Å². The largest absolute Gasteiger partial charge is 0.487 e. The van der Waals surface area contributed by atoms with E-state index in [1.807, 2.05) is 30.3 Å². The number of ether oxygens (including phenoxy) is 2. The molecule has 262 valence electrons. The smallest absolute Gasteiger partial charge is 0.256 e. The third-order valence-electron chi connectivity index (χ3n) is 11.5. The lowest BCUT2D eigenvalue weighted by Crippen LogP contribution is -2.50. The maximum absolute atomic E-state index is 14.2. The van der Waals surface area contributed by atoms with Gasteiger partial charge in [-0.2, -0.15) is 0 Å². The molecule has 3 N–H and O–H groups in total. The molecule has 2 aliphatic carbocycles. The summed E-state index contributed by atoms with van der Waals surface area (Å²) in [4.78, 5) is 27.9. The summed E-state index contributed by atoms with van der Waals surface area (Å²) in [6.45, 7) is 3.11. The van der Waals surface area contributed by atoms with Crippen LogP contribution in [0.2, 0.25) is 0 Å². The minimum Gasteiger partial charge on any atom is -0.487 e. The van der Waals surface area contributed by atoms with Crippen LogP contribution < -0.4 is 20.9 Å². The number of aromatic nitrogens is 1. The first-order valence-corrected chi connectivity index (χ1v) is 18.9. The normalized spacial score (nSPS) is 23.1. The van der Waals surface area contributed by atoms with Gasteiger partial charge in [0.05, 0.1) is 23.8 Å². The van der Waals surface area contributed by atoms with Gasteiger partial charge in [-0.05, 0) is 93.9 Å². The van der Waals surface area contributed by atoms with Crippen LogP contribution in [0, 0.1) is 0 Å². The number of hydrogen-bond donors (Lipinski definition) is 3. The number of nitrogens with one attached hydrogen (secondary N) is 2. The Morgan fingerprint density at radius 2 is 1.73 bits per heavy atom. The van der Waals surface area contributed by atoms with Crippen molar-refractivity contribution in [1.29, 1.82) is 0 Å². The Balaban J connectivity index is 1.14. The number of fused-ring (bicyclic) bond motifs is 1. The molecular formula is C41H53N3O5. The minimum absolute atomic E-state index is 0.0385. The van der Waals surface area contributed by atoms with Crippen molar-refractivity contribution in [3.8, 4) is 5.75 Å². The summed E-state index contributed by atoms with van der Waals surface area (Å²) in [5.41, 5.74) is 4.27. The molecule has 1 saturated heterocycles. The van der Waals surface area contributed by atoms with Gasteiger partial charge in [-0.3, -0.25) is 9.59 Å². The second-order valence-corrected chi connectivity index (χ2v) is 14.9. The average Bonchev–Trinajstić information content (AvgIpc) is 3.84. The van der Waals surface area contributed by atoms with Gasteiger partial charge >= 0.3 is 0 Å². The van der Waals surface area contributed by atoms with Gasteiger partial charge in [0.15, 0.2) is 0 Å². The van der Waals surface area contributed by atoms with Crippen LogP contribution in [0.5, 0.6) is 5.75 Å². The van der Waals surface area contributed by atoms with Gasteiger partial charge in [0.1, 0.15) is 11.4 Å². The fraction of sp³-hybridized carbons (Fsp3) is 0.561. The summed E-state index contributed by atoms with van der Waals surface area (Å²) < 4.78 is 14.5. The zero-order valence-corrected chi connectivity index (χ0v) is 29.0. The Kier molecular flexibility index (Phi) is 10.5. The van der Waals surface area contributed by atoms with Gasteiger partial charge in [0, 0.05) is 49.0 Å². The Labute approximate surface area is 290 Å². The third kappa shape index (κ3) is 7.67. The van der Waals surface area contributed by atoms with E-state index >= 15 is 0 Å². The topological polar surface area (TPSA) is 102 Å². The molecule has 2 aliphatic heterocycles. The first-order valence-electron chi connectivity index (χ1n) is 18.9. The van der Waals surface area contributed by atoms with E-state index in [-0.39, 0.29) is 35.3 Å². The van der Waals surface area contributed by atoms with E-state index in [9.17, 15) is 14.7 Å². The molecule has 4 atom stereocenters. The van der Waals surface area contributed by atoms with Gasteiger partial charge in [0.25, 0.3) is 11.5 Å². The number of nitrogens with zero attached hydrogens (tertiary/aromatic N) is 1. The first-order chi connectivity index (χ1) is 23.9. The standard InChI is InChI=1S/C41H53N3O5/c1-2-28-17-18-38-32(22-28)35(25-41(49-38)19-9-10-20-41)42-26-36(45)34(23-29-12-4-3-5-13-29)43-39(46)30-24-33(37-16-8-11-21-48-37)40(47)44(27-30)31-14-6-7-15-31/h3-5,12-13,17-18,22,24,27,31,34-37,42,45H,2,6-11,14-16,19-21,23,25-26H2,1H3,(H,43,46)/t34-,35?,36+,37?/m0/s1. The Hall–Kier alpha value is -3.46. The number of aliphatic hydroxyl groups is 1. The van der Waals surface area contributed by atoms with E-state index < -0.39 is 12.1 Å². The van der Waals surface area contributed by atoms with Gasteiger partial charge in [-0.15, -0.1) is 0 Å². The number of benzene rings is 2. The van der Waals surface area contributed by atoms with Crippen molar-refractivity contribution in [3.05, 3.63) is 99.0 Å². The number of rotatable bonds is 11. The number of carbonyl (C=O) groups excluding carboxylic acids is 1. The van der Waals surface area contributed by atoms with Crippen LogP contribution in [-0.4, -0.2) is 46.5 Å². The lowest BCUT2D eigenvalue weighted by Gasteiger charge is -2.41. The molecule has 1 aromatic heterocycles. The lowest BCUT2D eigenvalue weighted by molar-refractivity contribution is 0.0137. The van der Waals surface area contributed by atoms with Crippen molar-refractivity contribution in [1.82, 2.24) is 15.2 Å². The van der Waals surface area contributed by atoms with Crippen LogP contribution >= 0.6 is 0 Å². The van der Waals surface area contributed by atoms with Gasteiger partial charge < -0.3 is 29.8 Å². The molecule has 2 aromatic carbocycles. The zero-order chi connectivity index (χ0) is 33.8. The molecule has 2 unspecified atom stereocenters.